The lowest BCUT2D eigenvalue weighted by Gasteiger charge is -2.28. The first-order valence-corrected chi connectivity index (χ1v) is 6.29. The van der Waals surface area contributed by atoms with Gasteiger partial charge in [0.15, 0.2) is 0 Å². The molecule has 0 aromatic heterocycles. The summed E-state index contributed by atoms with van der Waals surface area (Å²) in [6, 6.07) is -0.647. The highest BCUT2D eigenvalue weighted by molar-refractivity contribution is 5.96. The summed E-state index contributed by atoms with van der Waals surface area (Å²) in [5.74, 6) is -0.0643. The fourth-order valence-corrected chi connectivity index (χ4v) is 1.94. The highest BCUT2D eigenvalue weighted by Gasteiger charge is 2.31. The molecule has 0 spiro atoms. The van der Waals surface area contributed by atoms with Gasteiger partial charge in [-0.05, 0) is 12.8 Å². The van der Waals surface area contributed by atoms with E-state index in [1.807, 2.05) is 6.92 Å². The highest BCUT2D eigenvalue weighted by Crippen LogP contribution is 2.09. The Balaban J connectivity index is 2.32. The second-order valence-electron chi connectivity index (χ2n) is 4.38. The molecule has 1 heterocycles. The molecule has 0 aliphatic carbocycles. The SMILES string of the molecule is CCCCCCC1NC(=O)C(CC)NC1=O. The Morgan fingerprint density at radius 1 is 0.938 bits per heavy atom. The molecule has 1 rings (SSSR count). The van der Waals surface area contributed by atoms with E-state index in [1.165, 1.54) is 12.8 Å². The van der Waals surface area contributed by atoms with Crippen LogP contribution in [-0.4, -0.2) is 23.9 Å². The summed E-state index contributed by atoms with van der Waals surface area (Å²) in [7, 11) is 0. The molecule has 1 saturated heterocycles. The number of hydrogen-bond acceptors (Lipinski definition) is 2. The number of amides is 2. The first kappa shape index (κ1) is 13.0. The number of piperazine rings is 1. The minimum atomic E-state index is -0.334. The molecular formula is C12H22N2O2. The molecule has 4 nitrogen and oxygen atoms in total. The van der Waals surface area contributed by atoms with Crippen molar-refractivity contribution in [3.63, 3.8) is 0 Å². The first-order chi connectivity index (χ1) is 7.69. The molecule has 2 atom stereocenters. The number of hydrogen-bond donors (Lipinski definition) is 2. The van der Waals surface area contributed by atoms with Crippen LogP contribution in [0.5, 0.6) is 0 Å². The zero-order chi connectivity index (χ0) is 12.0. The normalized spacial score (nSPS) is 25.1. The third-order valence-corrected chi connectivity index (χ3v) is 3.02. The monoisotopic (exact) mass is 226 g/mol. The van der Waals surface area contributed by atoms with E-state index in [9.17, 15) is 9.59 Å². The molecule has 0 radical (unpaired) electrons. The number of unbranched alkanes of at least 4 members (excludes halogenated alkanes) is 3. The molecule has 92 valence electrons. The molecular weight excluding hydrogens is 204 g/mol. The third kappa shape index (κ3) is 3.51. The Kier molecular flexibility index (Phi) is 5.29. The average molecular weight is 226 g/mol. The summed E-state index contributed by atoms with van der Waals surface area (Å²) in [6.45, 7) is 4.05. The molecule has 0 aromatic carbocycles. The zero-order valence-electron chi connectivity index (χ0n) is 10.2. The van der Waals surface area contributed by atoms with Gasteiger partial charge in [-0.1, -0.05) is 39.5 Å². The van der Waals surface area contributed by atoms with Gasteiger partial charge in [-0.15, -0.1) is 0 Å². The van der Waals surface area contributed by atoms with Gasteiger partial charge in [-0.3, -0.25) is 9.59 Å². The maximum atomic E-state index is 11.6. The van der Waals surface area contributed by atoms with Crippen molar-refractivity contribution in [1.29, 1.82) is 0 Å². The van der Waals surface area contributed by atoms with Gasteiger partial charge >= 0.3 is 0 Å². The Morgan fingerprint density at radius 3 is 2.19 bits per heavy atom. The Morgan fingerprint density at radius 2 is 1.56 bits per heavy atom. The van der Waals surface area contributed by atoms with Crippen molar-refractivity contribution in [2.24, 2.45) is 0 Å². The molecule has 2 N–H and O–H groups in total. The van der Waals surface area contributed by atoms with Gasteiger partial charge in [0.25, 0.3) is 0 Å². The molecule has 16 heavy (non-hydrogen) atoms. The van der Waals surface area contributed by atoms with Crippen molar-refractivity contribution in [3.8, 4) is 0 Å². The van der Waals surface area contributed by atoms with Crippen LogP contribution in [0.4, 0.5) is 0 Å². The van der Waals surface area contributed by atoms with E-state index in [2.05, 4.69) is 17.6 Å². The van der Waals surface area contributed by atoms with E-state index in [1.54, 1.807) is 0 Å². The van der Waals surface area contributed by atoms with E-state index in [0.717, 1.165) is 19.3 Å². The quantitative estimate of drug-likeness (QED) is 0.672. The summed E-state index contributed by atoms with van der Waals surface area (Å²) in [5, 5.41) is 5.55. The topological polar surface area (TPSA) is 58.2 Å². The van der Waals surface area contributed by atoms with Crippen molar-refractivity contribution in [2.75, 3.05) is 0 Å². The summed E-state index contributed by atoms with van der Waals surface area (Å²) in [4.78, 5) is 23.2. The maximum Gasteiger partial charge on any atom is 0.243 e. The standard InChI is InChI=1S/C12H22N2O2/c1-3-5-6-7-8-10-12(16)13-9(4-2)11(15)14-10/h9-10H,3-8H2,1-2H3,(H,13,16)(H,14,15). The molecule has 0 aromatic rings. The molecule has 1 aliphatic heterocycles. The van der Waals surface area contributed by atoms with E-state index < -0.39 is 0 Å². The molecule has 2 unspecified atom stereocenters. The Labute approximate surface area is 97.2 Å². The molecule has 2 amide bonds. The van der Waals surface area contributed by atoms with Crippen molar-refractivity contribution in [2.45, 2.75) is 64.5 Å². The lowest BCUT2D eigenvalue weighted by Crippen LogP contribution is -2.61. The van der Waals surface area contributed by atoms with E-state index in [-0.39, 0.29) is 23.9 Å². The second kappa shape index (κ2) is 6.51. The van der Waals surface area contributed by atoms with Crippen molar-refractivity contribution in [1.82, 2.24) is 10.6 Å². The van der Waals surface area contributed by atoms with Crippen LogP contribution in [-0.2, 0) is 9.59 Å². The number of carbonyl (C=O) groups excluding carboxylic acids is 2. The van der Waals surface area contributed by atoms with Crippen molar-refractivity contribution in [3.05, 3.63) is 0 Å². The van der Waals surface area contributed by atoms with Crippen LogP contribution < -0.4 is 10.6 Å². The van der Waals surface area contributed by atoms with Crippen molar-refractivity contribution >= 4 is 11.8 Å². The molecule has 0 saturated carbocycles. The number of rotatable bonds is 6. The highest BCUT2D eigenvalue weighted by atomic mass is 16.2. The zero-order valence-corrected chi connectivity index (χ0v) is 10.2. The molecule has 1 aliphatic rings. The molecule has 4 heteroatoms. The van der Waals surface area contributed by atoms with Crippen LogP contribution in [0.15, 0.2) is 0 Å². The van der Waals surface area contributed by atoms with Crippen molar-refractivity contribution < 1.29 is 9.59 Å². The van der Waals surface area contributed by atoms with Gasteiger partial charge in [-0.25, -0.2) is 0 Å². The minimum Gasteiger partial charge on any atom is -0.343 e. The lowest BCUT2D eigenvalue weighted by atomic mass is 10.0. The van der Waals surface area contributed by atoms with Gasteiger partial charge in [0.1, 0.15) is 12.1 Å². The van der Waals surface area contributed by atoms with Gasteiger partial charge in [0, 0.05) is 0 Å². The minimum absolute atomic E-state index is 0.0250. The Hall–Kier alpha value is -1.06. The van der Waals surface area contributed by atoms with Crippen LogP contribution in [0.2, 0.25) is 0 Å². The van der Waals surface area contributed by atoms with Crippen LogP contribution in [0.25, 0.3) is 0 Å². The summed E-state index contributed by atoms with van der Waals surface area (Å²) >= 11 is 0. The third-order valence-electron chi connectivity index (χ3n) is 3.02. The summed E-state index contributed by atoms with van der Waals surface area (Å²) in [5.41, 5.74) is 0. The van der Waals surface area contributed by atoms with Gasteiger partial charge in [0.05, 0.1) is 0 Å². The summed E-state index contributed by atoms with van der Waals surface area (Å²) < 4.78 is 0. The van der Waals surface area contributed by atoms with E-state index in [0.29, 0.717) is 6.42 Å². The van der Waals surface area contributed by atoms with Crippen LogP contribution >= 0.6 is 0 Å². The average Bonchev–Trinajstić information content (AvgIpc) is 2.28. The van der Waals surface area contributed by atoms with Crippen LogP contribution in [0.1, 0.15) is 52.4 Å². The number of carbonyl (C=O) groups is 2. The lowest BCUT2D eigenvalue weighted by molar-refractivity contribution is -0.137. The fraction of sp³-hybridized carbons (Fsp3) is 0.833. The van der Waals surface area contributed by atoms with Crippen LogP contribution in [0, 0.1) is 0 Å². The van der Waals surface area contributed by atoms with Crippen LogP contribution in [0.3, 0.4) is 0 Å². The Bertz CT molecular complexity index is 253. The molecule has 1 fully saturated rings. The predicted molar refractivity (Wildman–Crippen MR) is 62.9 cm³/mol. The van der Waals surface area contributed by atoms with E-state index in [4.69, 9.17) is 0 Å². The number of nitrogens with one attached hydrogen (secondary N) is 2. The van der Waals surface area contributed by atoms with Gasteiger partial charge in [0.2, 0.25) is 11.8 Å². The fourth-order valence-electron chi connectivity index (χ4n) is 1.94. The summed E-state index contributed by atoms with van der Waals surface area (Å²) in [6.07, 6.45) is 5.92. The second-order valence-corrected chi connectivity index (χ2v) is 4.38. The maximum absolute atomic E-state index is 11.6. The van der Waals surface area contributed by atoms with E-state index >= 15 is 0 Å². The largest absolute Gasteiger partial charge is 0.343 e. The van der Waals surface area contributed by atoms with Gasteiger partial charge in [-0.2, -0.15) is 0 Å². The smallest absolute Gasteiger partial charge is 0.243 e. The van der Waals surface area contributed by atoms with Gasteiger partial charge < -0.3 is 10.6 Å². The predicted octanol–water partition coefficient (Wildman–Crippen LogP) is 1.35. The first-order valence-electron chi connectivity index (χ1n) is 6.29. The molecule has 0 bridgehead atoms.